The van der Waals surface area contributed by atoms with Gasteiger partial charge in [-0.3, -0.25) is 10.2 Å². The summed E-state index contributed by atoms with van der Waals surface area (Å²) >= 11 is 0. The number of anilines is 2. The van der Waals surface area contributed by atoms with Gasteiger partial charge in [-0.05, 0) is 37.3 Å². The Kier molecular flexibility index (Phi) is 5.23. The van der Waals surface area contributed by atoms with Gasteiger partial charge < -0.3 is 27.5 Å². The quantitative estimate of drug-likeness (QED) is 0.225. The van der Waals surface area contributed by atoms with E-state index in [9.17, 15) is 4.79 Å². The summed E-state index contributed by atoms with van der Waals surface area (Å²) in [5.41, 5.74) is 22.3. The van der Waals surface area contributed by atoms with E-state index in [1.165, 1.54) is 6.21 Å². The van der Waals surface area contributed by atoms with Gasteiger partial charge in [-0.2, -0.15) is 9.61 Å². The van der Waals surface area contributed by atoms with Crippen LogP contribution in [0.2, 0.25) is 0 Å². The summed E-state index contributed by atoms with van der Waals surface area (Å²) in [4.78, 5) is 23.2. The van der Waals surface area contributed by atoms with Crippen LogP contribution in [0.25, 0.3) is 16.8 Å². The molecule has 174 valence electrons. The van der Waals surface area contributed by atoms with Crippen molar-refractivity contribution < 1.29 is 4.79 Å². The van der Waals surface area contributed by atoms with Crippen LogP contribution in [0.4, 0.5) is 11.5 Å². The highest BCUT2D eigenvalue weighted by molar-refractivity contribution is 6.38. The second-order valence-corrected chi connectivity index (χ2v) is 8.76. The van der Waals surface area contributed by atoms with Gasteiger partial charge in [0.15, 0.2) is 11.5 Å². The predicted molar refractivity (Wildman–Crippen MR) is 131 cm³/mol. The number of rotatable bonds is 4. The topological polar surface area (TPSA) is 189 Å². The van der Waals surface area contributed by atoms with Crippen molar-refractivity contribution in [3.8, 4) is 11.1 Å². The average molecular weight is 459 g/mol. The summed E-state index contributed by atoms with van der Waals surface area (Å²) in [6.45, 7) is 0. The van der Waals surface area contributed by atoms with Crippen LogP contribution in [-0.4, -0.2) is 55.9 Å². The molecule has 1 amide bonds. The first-order valence-electron chi connectivity index (χ1n) is 11.1. The Morgan fingerprint density at radius 1 is 1.15 bits per heavy atom. The van der Waals surface area contributed by atoms with E-state index in [0.29, 0.717) is 22.7 Å². The van der Waals surface area contributed by atoms with Crippen LogP contribution in [0.5, 0.6) is 0 Å². The first-order chi connectivity index (χ1) is 16.4. The fourth-order valence-corrected chi connectivity index (χ4v) is 5.39. The molecule has 2 fully saturated rings. The SMILES string of the molecule is N=CN=C(N)C(=O)N1C2CCC1CC(c1cc(N)n3ncc(-c4cccc(N)c4C=N)c3n1)C2. The van der Waals surface area contributed by atoms with E-state index < -0.39 is 0 Å². The van der Waals surface area contributed by atoms with Gasteiger partial charge in [0.05, 0.1) is 6.20 Å². The second-order valence-electron chi connectivity index (χ2n) is 8.76. The van der Waals surface area contributed by atoms with Gasteiger partial charge in [-0.15, -0.1) is 0 Å². The monoisotopic (exact) mass is 458 g/mol. The van der Waals surface area contributed by atoms with Gasteiger partial charge in [-0.25, -0.2) is 9.98 Å². The summed E-state index contributed by atoms with van der Waals surface area (Å²) in [5.74, 6) is 0.138. The molecule has 11 nitrogen and oxygen atoms in total. The summed E-state index contributed by atoms with van der Waals surface area (Å²) in [6, 6.07) is 7.42. The lowest BCUT2D eigenvalue weighted by Gasteiger charge is -2.38. The number of nitrogens with one attached hydrogen (secondary N) is 2. The molecule has 2 aliphatic heterocycles. The zero-order chi connectivity index (χ0) is 24.0. The molecular formula is C23H26N10O. The van der Waals surface area contributed by atoms with Crippen LogP contribution in [0.1, 0.15) is 42.9 Å². The summed E-state index contributed by atoms with van der Waals surface area (Å²) in [5, 5.41) is 19.3. The van der Waals surface area contributed by atoms with Crippen molar-refractivity contribution in [2.45, 2.75) is 43.7 Å². The average Bonchev–Trinajstić information content (AvgIpc) is 3.36. The summed E-state index contributed by atoms with van der Waals surface area (Å²) in [7, 11) is 0. The number of aromatic nitrogens is 3. The van der Waals surface area contributed by atoms with E-state index in [1.54, 1.807) is 16.8 Å². The maximum atomic E-state index is 12.8. The van der Waals surface area contributed by atoms with Gasteiger partial charge >= 0.3 is 0 Å². The van der Waals surface area contributed by atoms with Crippen LogP contribution < -0.4 is 17.2 Å². The third-order valence-corrected chi connectivity index (χ3v) is 6.90. The lowest BCUT2D eigenvalue weighted by atomic mass is 9.87. The first kappa shape index (κ1) is 21.6. The fraction of sp³-hybridized carbons (Fsp3) is 0.304. The standard InChI is InChI=1S/C23H26N10O/c24-9-16-15(2-1-3-18(16)26)17-10-30-33-20(27)8-19(31-22(17)33)12-6-13-4-5-14(7-12)32(13)23(34)21(28)29-11-25/h1-3,8-14,24H,4-7,26-27H2,(H3,25,28,29). The summed E-state index contributed by atoms with van der Waals surface area (Å²) in [6.07, 6.45) is 7.00. The molecule has 5 rings (SSSR count). The van der Waals surface area contributed by atoms with E-state index in [-0.39, 0.29) is 29.7 Å². The fourth-order valence-electron chi connectivity index (χ4n) is 5.39. The molecule has 4 heterocycles. The summed E-state index contributed by atoms with van der Waals surface area (Å²) < 4.78 is 1.59. The Hall–Kier alpha value is -4.28. The molecule has 1 aromatic carbocycles. The first-order valence-corrected chi connectivity index (χ1v) is 11.1. The minimum absolute atomic E-state index is 0.0396. The molecular weight excluding hydrogens is 432 g/mol. The van der Waals surface area contributed by atoms with Crippen LogP contribution in [0, 0.1) is 10.8 Å². The number of piperidine rings is 1. The molecule has 11 heteroatoms. The number of carbonyl (C=O) groups is 1. The van der Waals surface area contributed by atoms with Crippen molar-refractivity contribution in [1.29, 1.82) is 10.8 Å². The Morgan fingerprint density at radius 2 is 1.88 bits per heavy atom. The highest BCUT2D eigenvalue weighted by Gasteiger charge is 2.44. The van der Waals surface area contributed by atoms with E-state index in [0.717, 1.165) is 48.8 Å². The maximum Gasteiger partial charge on any atom is 0.289 e. The smallest absolute Gasteiger partial charge is 0.289 e. The molecule has 2 unspecified atom stereocenters. The Balaban J connectivity index is 1.51. The van der Waals surface area contributed by atoms with E-state index in [2.05, 4.69) is 10.1 Å². The minimum atomic E-state index is -0.309. The molecule has 34 heavy (non-hydrogen) atoms. The van der Waals surface area contributed by atoms with Crippen molar-refractivity contribution in [3.05, 3.63) is 41.7 Å². The molecule has 8 N–H and O–H groups in total. The van der Waals surface area contributed by atoms with Gasteiger partial charge in [-0.1, -0.05) is 12.1 Å². The number of hydrogen-bond acceptors (Lipinski definition) is 7. The normalized spacial score (nSPS) is 22.2. The van der Waals surface area contributed by atoms with Gasteiger partial charge in [0, 0.05) is 52.8 Å². The largest absolute Gasteiger partial charge is 0.398 e. The van der Waals surface area contributed by atoms with Crippen LogP contribution in [-0.2, 0) is 4.79 Å². The van der Waals surface area contributed by atoms with Crippen molar-refractivity contribution in [2.75, 3.05) is 11.5 Å². The highest BCUT2D eigenvalue weighted by Crippen LogP contribution is 2.43. The molecule has 3 aromatic rings. The zero-order valence-electron chi connectivity index (χ0n) is 18.5. The number of amides is 1. The molecule has 2 atom stereocenters. The molecule has 0 spiro atoms. The van der Waals surface area contributed by atoms with E-state index in [1.807, 2.05) is 23.1 Å². The van der Waals surface area contributed by atoms with E-state index in [4.69, 9.17) is 33.0 Å². The Morgan fingerprint density at radius 3 is 2.56 bits per heavy atom. The number of nitrogens with two attached hydrogens (primary N) is 3. The zero-order valence-corrected chi connectivity index (χ0v) is 18.5. The number of amidine groups is 1. The number of nitrogen functional groups attached to an aromatic ring is 2. The lowest BCUT2D eigenvalue weighted by molar-refractivity contribution is -0.128. The van der Waals surface area contributed by atoms with Crippen molar-refractivity contribution >= 4 is 41.4 Å². The Labute approximate surface area is 195 Å². The number of carbonyl (C=O) groups excluding carboxylic acids is 1. The molecule has 0 radical (unpaired) electrons. The van der Waals surface area contributed by atoms with Crippen LogP contribution >= 0.6 is 0 Å². The molecule has 0 saturated carbocycles. The molecule has 0 aliphatic carbocycles. The number of benzene rings is 1. The minimum Gasteiger partial charge on any atom is -0.398 e. The molecule has 2 aliphatic rings. The van der Waals surface area contributed by atoms with Crippen molar-refractivity contribution in [2.24, 2.45) is 10.7 Å². The van der Waals surface area contributed by atoms with Crippen molar-refractivity contribution in [1.82, 2.24) is 19.5 Å². The van der Waals surface area contributed by atoms with Crippen molar-refractivity contribution in [3.63, 3.8) is 0 Å². The van der Waals surface area contributed by atoms with Crippen LogP contribution in [0.3, 0.4) is 0 Å². The number of fused-ring (bicyclic) bond motifs is 3. The van der Waals surface area contributed by atoms with Gasteiger partial charge in [0.1, 0.15) is 12.2 Å². The van der Waals surface area contributed by atoms with Crippen LogP contribution in [0.15, 0.2) is 35.5 Å². The number of aliphatic imine (C=N–C) groups is 1. The highest BCUT2D eigenvalue weighted by atomic mass is 16.2. The molecule has 2 aromatic heterocycles. The Bertz CT molecular complexity index is 1330. The third-order valence-electron chi connectivity index (χ3n) is 6.90. The maximum absolute atomic E-state index is 12.8. The number of nitrogens with zero attached hydrogens (tertiary/aromatic N) is 5. The van der Waals surface area contributed by atoms with Gasteiger partial charge in [0.25, 0.3) is 5.91 Å². The second kappa shape index (κ2) is 8.25. The molecule has 2 saturated heterocycles. The molecule has 2 bridgehead atoms. The predicted octanol–water partition coefficient (Wildman–Crippen LogP) is 1.76. The third kappa shape index (κ3) is 3.36. The van der Waals surface area contributed by atoms with E-state index >= 15 is 0 Å². The number of hydrogen-bond donors (Lipinski definition) is 5. The lowest BCUT2D eigenvalue weighted by Crippen LogP contribution is -2.50. The van der Waals surface area contributed by atoms with Gasteiger partial charge in [0.2, 0.25) is 0 Å².